The van der Waals surface area contributed by atoms with Gasteiger partial charge in [0.05, 0.1) is 7.11 Å². The number of amides is 2. The number of hydrogen-bond acceptors (Lipinski definition) is 3. The number of ether oxygens (including phenoxy) is 1. The average molecular weight is 226 g/mol. The minimum Gasteiger partial charge on any atom is -0.453 e. The monoisotopic (exact) mass is 226 g/mol. The van der Waals surface area contributed by atoms with Crippen LogP contribution in [0.2, 0.25) is 0 Å². The van der Waals surface area contributed by atoms with Gasteiger partial charge in [0.2, 0.25) is 5.91 Å². The zero-order valence-corrected chi connectivity index (χ0v) is 9.62. The third kappa shape index (κ3) is 2.13. The molecule has 2 aliphatic rings. The summed E-state index contributed by atoms with van der Waals surface area (Å²) in [6, 6.07) is 0. The molecule has 0 radical (unpaired) electrons. The van der Waals surface area contributed by atoms with E-state index in [0.29, 0.717) is 19.5 Å². The molecule has 1 spiro atoms. The summed E-state index contributed by atoms with van der Waals surface area (Å²) in [5.74, 6) is 0.151. The van der Waals surface area contributed by atoms with Crippen LogP contribution < -0.4 is 5.32 Å². The van der Waals surface area contributed by atoms with E-state index in [-0.39, 0.29) is 17.4 Å². The Kier molecular flexibility index (Phi) is 3.03. The predicted octanol–water partition coefficient (Wildman–Crippen LogP) is 0.745. The van der Waals surface area contributed by atoms with Gasteiger partial charge in [0.25, 0.3) is 0 Å². The van der Waals surface area contributed by atoms with Gasteiger partial charge < -0.3 is 15.0 Å². The quantitative estimate of drug-likeness (QED) is 0.663. The highest BCUT2D eigenvalue weighted by Crippen LogP contribution is 2.39. The fourth-order valence-corrected chi connectivity index (χ4v) is 2.68. The SMILES string of the molecule is COC(=O)N1CCC2(CCNC(=O)C2)CC1. The maximum absolute atomic E-state index is 11.4. The van der Waals surface area contributed by atoms with Crippen molar-refractivity contribution in [3.63, 3.8) is 0 Å². The first-order valence-electron chi connectivity index (χ1n) is 5.75. The van der Waals surface area contributed by atoms with Crippen LogP contribution >= 0.6 is 0 Å². The van der Waals surface area contributed by atoms with E-state index < -0.39 is 0 Å². The lowest BCUT2D eigenvalue weighted by molar-refractivity contribution is -0.126. The van der Waals surface area contributed by atoms with Crippen molar-refractivity contribution in [3.05, 3.63) is 0 Å². The minimum absolute atomic E-state index is 0.132. The fraction of sp³-hybridized carbons (Fsp3) is 0.818. The Hall–Kier alpha value is -1.26. The van der Waals surface area contributed by atoms with Gasteiger partial charge in [0.15, 0.2) is 0 Å². The van der Waals surface area contributed by atoms with Gasteiger partial charge in [-0.3, -0.25) is 4.79 Å². The zero-order chi connectivity index (χ0) is 11.6. The molecule has 0 atom stereocenters. The second-order valence-corrected chi connectivity index (χ2v) is 4.73. The smallest absolute Gasteiger partial charge is 0.409 e. The molecule has 2 amide bonds. The topological polar surface area (TPSA) is 58.6 Å². The summed E-state index contributed by atoms with van der Waals surface area (Å²) in [5.41, 5.74) is 0.132. The van der Waals surface area contributed by atoms with Crippen molar-refractivity contribution in [2.24, 2.45) is 5.41 Å². The number of hydrogen-bond donors (Lipinski definition) is 1. The van der Waals surface area contributed by atoms with Crippen LogP contribution in [0.1, 0.15) is 25.7 Å². The normalized spacial score (nSPS) is 24.1. The van der Waals surface area contributed by atoms with Gasteiger partial charge >= 0.3 is 6.09 Å². The molecule has 1 N–H and O–H groups in total. The second kappa shape index (κ2) is 4.31. The molecule has 2 fully saturated rings. The number of nitrogens with one attached hydrogen (secondary N) is 1. The van der Waals surface area contributed by atoms with Crippen molar-refractivity contribution in [3.8, 4) is 0 Å². The zero-order valence-electron chi connectivity index (χ0n) is 9.62. The molecule has 0 aromatic heterocycles. The van der Waals surface area contributed by atoms with Crippen molar-refractivity contribution in [2.45, 2.75) is 25.7 Å². The van der Waals surface area contributed by atoms with Crippen molar-refractivity contribution in [1.29, 1.82) is 0 Å². The molecular weight excluding hydrogens is 208 g/mol. The summed E-state index contributed by atoms with van der Waals surface area (Å²) in [6.45, 7) is 2.19. The number of piperidine rings is 2. The van der Waals surface area contributed by atoms with Crippen LogP contribution in [-0.4, -0.2) is 43.6 Å². The Morgan fingerprint density at radius 2 is 2.06 bits per heavy atom. The molecule has 0 bridgehead atoms. The van der Waals surface area contributed by atoms with Crippen LogP contribution in [0.4, 0.5) is 4.79 Å². The molecule has 0 saturated carbocycles. The van der Waals surface area contributed by atoms with E-state index in [2.05, 4.69) is 5.32 Å². The van der Waals surface area contributed by atoms with E-state index in [1.807, 2.05) is 0 Å². The highest BCUT2D eigenvalue weighted by Gasteiger charge is 2.39. The van der Waals surface area contributed by atoms with Crippen LogP contribution in [0.15, 0.2) is 0 Å². The molecule has 2 heterocycles. The molecule has 0 aromatic rings. The largest absolute Gasteiger partial charge is 0.453 e. The van der Waals surface area contributed by atoms with Crippen molar-refractivity contribution >= 4 is 12.0 Å². The molecule has 2 aliphatic heterocycles. The Morgan fingerprint density at radius 1 is 1.38 bits per heavy atom. The molecule has 2 saturated heterocycles. The van der Waals surface area contributed by atoms with E-state index in [0.717, 1.165) is 25.8 Å². The highest BCUT2D eigenvalue weighted by molar-refractivity contribution is 5.77. The third-order valence-corrected chi connectivity index (χ3v) is 3.77. The minimum atomic E-state index is -0.255. The third-order valence-electron chi connectivity index (χ3n) is 3.77. The molecular formula is C11H18N2O3. The Labute approximate surface area is 95.1 Å². The molecule has 2 rings (SSSR count). The summed E-state index contributed by atoms with van der Waals surface area (Å²) in [5, 5.41) is 2.85. The standard InChI is InChI=1S/C11H18N2O3/c1-16-10(15)13-6-3-11(4-7-13)2-5-12-9(14)8-11/h2-8H2,1H3,(H,12,14). The van der Waals surface area contributed by atoms with Gasteiger partial charge in [-0.15, -0.1) is 0 Å². The predicted molar refractivity (Wildman–Crippen MR) is 57.9 cm³/mol. The summed E-state index contributed by atoms with van der Waals surface area (Å²) in [6.07, 6.45) is 3.22. The summed E-state index contributed by atoms with van der Waals surface area (Å²) >= 11 is 0. The maximum atomic E-state index is 11.4. The molecule has 16 heavy (non-hydrogen) atoms. The van der Waals surface area contributed by atoms with Crippen LogP contribution in [0.5, 0.6) is 0 Å². The molecule has 90 valence electrons. The summed E-state index contributed by atoms with van der Waals surface area (Å²) in [7, 11) is 1.40. The first kappa shape index (κ1) is 11.2. The van der Waals surface area contributed by atoms with Crippen molar-refractivity contribution < 1.29 is 14.3 Å². The van der Waals surface area contributed by atoms with Crippen molar-refractivity contribution in [1.82, 2.24) is 10.2 Å². The average Bonchev–Trinajstić information content (AvgIpc) is 2.29. The number of likely N-dealkylation sites (tertiary alicyclic amines) is 1. The lowest BCUT2D eigenvalue weighted by Gasteiger charge is -2.43. The van der Waals surface area contributed by atoms with Gasteiger partial charge in [-0.1, -0.05) is 0 Å². The van der Waals surface area contributed by atoms with Crippen LogP contribution in [0.25, 0.3) is 0 Å². The first-order chi connectivity index (χ1) is 7.65. The Bertz CT molecular complexity index is 296. The van der Waals surface area contributed by atoms with E-state index in [1.54, 1.807) is 4.90 Å². The number of nitrogens with zero attached hydrogens (tertiary/aromatic N) is 1. The number of carbonyl (C=O) groups excluding carboxylic acids is 2. The highest BCUT2D eigenvalue weighted by atomic mass is 16.5. The summed E-state index contributed by atoms with van der Waals surface area (Å²) in [4.78, 5) is 24.4. The van der Waals surface area contributed by atoms with E-state index >= 15 is 0 Å². The fourth-order valence-electron chi connectivity index (χ4n) is 2.68. The van der Waals surface area contributed by atoms with Gasteiger partial charge in [-0.05, 0) is 24.7 Å². The van der Waals surface area contributed by atoms with Gasteiger partial charge in [-0.2, -0.15) is 0 Å². The van der Waals surface area contributed by atoms with Gasteiger partial charge in [-0.25, -0.2) is 4.79 Å². The first-order valence-corrected chi connectivity index (χ1v) is 5.75. The number of methoxy groups -OCH3 is 1. The van der Waals surface area contributed by atoms with E-state index in [4.69, 9.17) is 4.74 Å². The van der Waals surface area contributed by atoms with E-state index in [9.17, 15) is 9.59 Å². The second-order valence-electron chi connectivity index (χ2n) is 4.73. The lowest BCUT2D eigenvalue weighted by atomic mass is 9.71. The van der Waals surface area contributed by atoms with Crippen LogP contribution in [0.3, 0.4) is 0 Å². The Balaban J connectivity index is 1.93. The van der Waals surface area contributed by atoms with Crippen LogP contribution in [-0.2, 0) is 9.53 Å². The number of carbonyl (C=O) groups is 2. The van der Waals surface area contributed by atoms with Crippen molar-refractivity contribution in [2.75, 3.05) is 26.7 Å². The van der Waals surface area contributed by atoms with Crippen LogP contribution in [0, 0.1) is 5.41 Å². The molecule has 5 nitrogen and oxygen atoms in total. The molecule has 5 heteroatoms. The molecule has 0 aliphatic carbocycles. The lowest BCUT2D eigenvalue weighted by Crippen LogP contribution is -2.48. The Morgan fingerprint density at radius 3 is 2.62 bits per heavy atom. The molecule has 0 unspecified atom stereocenters. The van der Waals surface area contributed by atoms with Gasteiger partial charge in [0.1, 0.15) is 0 Å². The maximum Gasteiger partial charge on any atom is 0.409 e. The number of rotatable bonds is 0. The summed E-state index contributed by atoms with van der Waals surface area (Å²) < 4.78 is 4.69. The van der Waals surface area contributed by atoms with Gasteiger partial charge in [0, 0.05) is 26.1 Å². The van der Waals surface area contributed by atoms with E-state index in [1.165, 1.54) is 7.11 Å². The molecule has 0 aromatic carbocycles.